The molecule has 0 atom stereocenters. The van der Waals surface area contributed by atoms with Crippen LogP contribution in [0.2, 0.25) is 0 Å². The maximum absolute atomic E-state index is 11.4. The number of benzene rings is 4. The Morgan fingerprint density at radius 3 is 1.08 bits per heavy atom. The van der Waals surface area contributed by atoms with Crippen molar-refractivity contribution in [1.29, 1.82) is 0 Å². The molecule has 0 amide bonds. The van der Waals surface area contributed by atoms with E-state index in [0.29, 0.717) is 11.1 Å². The molecule has 4 aromatic rings. The fourth-order valence-corrected chi connectivity index (χ4v) is 8.15. The normalized spacial score (nSPS) is 12.9. The Balaban J connectivity index is 1.49. The van der Waals surface area contributed by atoms with Gasteiger partial charge in [-0.05, 0) is 69.5 Å². The van der Waals surface area contributed by atoms with E-state index < -0.39 is 0 Å². The molecule has 0 bridgehead atoms. The third kappa shape index (κ3) is 9.27. The lowest BCUT2D eigenvalue weighted by Gasteiger charge is -2.33. The van der Waals surface area contributed by atoms with Crippen LogP contribution in [-0.2, 0) is 5.41 Å². The predicted octanol–water partition coefficient (Wildman–Crippen LogP) is 14.0. The zero-order valence-corrected chi connectivity index (χ0v) is 30.3. The first-order chi connectivity index (χ1) is 24.1. The van der Waals surface area contributed by atoms with Crippen LogP contribution in [0.25, 0.3) is 33.4 Å². The molecule has 0 heterocycles. The van der Waals surface area contributed by atoms with Crippen LogP contribution in [0.5, 0.6) is 0 Å². The van der Waals surface area contributed by atoms with Crippen LogP contribution in [0, 0.1) is 0 Å². The summed E-state index contributed by atoms with van der Waals surface area (Å²) in [4.78, 5) is 22.8. The van der Waals surface area contributed by atoms with Gasteiger partial charge in [0.1, 0.15) is 12.6 Å². The monoisotopic (exact) mass is 654 g/mol. The molecule has 0 N–H and O–H groups in total. The van der Waals surface area contributed by atoms with Crippen LogP contribution >= 0.6 is 0 Å². The summed E-state index contributed by atoms with van der Waals surface area (Å²) in [6.07, 6.45) is 25.3. The molecular formula is C47H58O2. The Labute approximate surface area is 296 Å². The lowest BCUT2D eigenvalue weighted by Crippen LogP contribution is -2.25. The van der Waals surface area contributed by atoms with Gasteiger partial charge in [0.05, 0.1) is 0 Å². The summed E-state index contributed by atoms with van der Waals surface area (Å²) in [6, 6.07) is 30.3. The molecule has 4 aromatic carbocycles. The third-order valence-corrected chi connectivity index (χ3v) is 11.0. The molecule has 49 heavy (non-hydrogen) atoms. The number of hydrogen-bond donors (Lipinski definition) is 0. The predicted molar refractivity (Wildman–Crippen MR) is 209 cm³/mol. The highest BCUT2D eigenvalue weighted by Crippen LogP contribution is 2.55. The van der Waals surface area contributed by atoms with Crippen molar-refractivity contribution in [3.63, 3.8) is 0 Å². The van der Waals surface area contributed by atoms with E-state index in [-0.39, 0.29) is 5.41 Å². The number of fused-ring (bicyclic) bond motifs is 3. The number of unbranched alkanes of at least 4 members (excludes halogenated alkanes) is 14. The Kier molecular flexibility index (Phi) is 14.0. The van der Waals surface area contributed by atoms with E-state index in [9.17, 15) is 9.59 Å². The molecule has 1 aliphatic rings. The molecule has 0 aromatic heterocycles. The molecule has 0 aliphatic heterocycles. The zero-order chi connectivity index (χ0) is 34.3. The highest BCUT2D eigenvalue weighted by atomic mass is 16.1. The summed E-state index contributed by atoms with van der Waals surface area (Å²) in [6.45, 7) is 4.58. The molecule has 0 radical (unpaired) electrons. The van der Waals surface area contributed by atoms with Crippen molar-refractivity contribution in [3.8, 4) is 33.4 Å². The second-order valence-corrected chi connectivity index (χ2v) is 14.5. The first-order valence-corrected chi connectivity index (χ1v) is 19.5. The van der Waals surface area contributed by atoms with Crippen LogP contribution in [0.1, 0.15) is 161 Å². The van der Waals surface area contributed by atoms with Gasteiger partial charge in [0.15, 0.2) is 0 Å². The van der Waals surface area contributed by atoms with Crippen molar-refractivity contribution >= 4 is 12.6 Å². The van der Waals surface area contributed by atoms with E-state index in [1.54, 1.807) is 0 Å². The van der Waals surface area contributed by atoms with Gasteiger partial charge in [-0.15, -0.1) is 0 Å². The summed E-state index contributed by atoms with van der Waals surface area (Å²) < 4.78 is 0. The number of rotatable bonds is 22. The smallest absolute Gasteiger partial charge is 0.150 e. The van der Waals surface area contributed by atoms with Gasteiger partial charge in [0.2, 0.25) is 0 Å². The van der Waals surface area contributed by atoms with Crippen molar-refractivity contribution in [2.75, 3.05) is 0 Å². The van der Waals surface area contributed by atoms with E-state index in [4.69, 9.17) is 0 Å². The van der Waals surface area contributed by atoms with Gasteiger partial charge >= 0.3 is 0 Å². The Bertz CT molecular complexity index is 1490. The molecule has 1 aliphatic carbocycles. The van der Waals surface area contributed by atoms with Crippen LogP contribution in [0.3, 0.4) is 0 Å². The SMILES string of the molecule is CCCCCCCCCCC1(CCCCCCCCCC)c2cc(-c3ccc(C=O)cc3)ccc2-c2ccc(-c3ccc(C=O)cc3)cc21. The van der Waals surface area contributed by atoms with Crippen molar-refractivity contribution in [2.24, 2.45) is 0 Å². The lowest BCUT2D eigenvalue weighted by atomic mass is 9.70. The fourth-order valence-electron chi connectivity index (χ4n) is 8.15. The Hall–Kier alpha value is -3.78. The molecule has 5 rings (SSSR count). The molecular weight excluding hydrogens is 597 g/mol. The summed E-state index contributed by atoms with van der Waals surface area (Å²) >= 11 is 0. The van der Waals surface area contributed by atoms with E-state index in [2.05, 4.69) is 74.5 Å². The fraction of sp³-hybridized carbons (Fsp3) is 0.447. The Morgan fingerprint density at radius 1 is 0.408 bits per heavy atom. The van der Waals surface area contributed by atoms with Gasteiger partial charge in [-0.2, -0.15) is 0 Å². The highest BCUT2D eigenvalue weighted by Gasteiger charge is 2.42. The minimum Gasteiger partial charge on any atom is -0.298 e. The molecule has 2 nitrogen and oxygen atoms in total. The number of carbonyl (C=O) groups excluding carboxylic acids is 2. The van der Waals surface area contributed by atoms with E-state index in [1.807, 2.05) is 24.3 Å². The molecule has 2 heteroatoms. The van der Waals surface area contributed by atoms with Crippen LogP contribution in [0.4, 0.5) is 0 Å². The van der Waals surface area contributed by atoms with E-state index in [0.717, 1.165) is 23.7 Å². The van der Waals surface area contributed by atoms with Crippen LogP contribution < -0.4 is 0 Å². The second kappa shape index (κ2) is 18.8. The average molecular weight is 655 g/mol. The number of aldehydes is 2. The molecule has 0 fully saturated rings. The van der Waals surface area contributed by atoms with Gasteiger partial charge < -0.3 is 0 Å². The second-order valence-electron chi connectivity index (χ2n) is 14.5. The van der Waals surface area contributed by atoms with Crippen LogP contribution in [0.15, 0.2) is 84.9 Å². The quantitative estimate of drug-likeness (QED) is 0.0624. The minimum absolute atomic E-state index is 0.0351. The average Bonchev–Trinajstić information content (AvgIpc) is 3.42. The largest absolute Gasteiger partial charge is 0.298 e. The molecule has 258 valence electrons. The summed E-state index contributed by atoms with van der Waals surface area (Å²) in [7, 11) is 0. The Morgan fingerprint density at radius 2 is 0.735 bits per heavy atom. The first-order valence-electron chi connectivity index (χ1n) is 19.5. The minimum atomic E-state index is -0.0351. The van der Waals surface area contributed by atoms with Gasteiger partial charge in [0, 0.05) is 16.5 Å². The van der Waals surface area contributed by atoms with Crippen molar-refractivity contribution in [3.05, 3.63) is 107 Å². The summed E-state index contributed by atoms with van der Waals surface area (Å²) in [5.41, 5.74) is 11.9. The summed E-state index contributed by atoms with van der Waals surface area (Å²) in [5, 5.41) is 0. The molecule has 0 saturated heterocycles. The molecule has 0 unspecified atom stereocenters. The first kappa shape index (κ1) is 36.5. The van der Waals surface area contributed by atoms with Crippen molar-refractivity contribution < 1.29 is 9.59 Å². The van der Waals surface area contributed by atoms with Gasteiger partial charge in [-0.3, -0.25) is 9.59 Å². The lowest BCUT2D eigenvalue weighted by molar-refractivity contribution is 0.111. The van der Waals surface area contributed by atoms with Crippen LogP contribution in [-0.4, -0.2) is 12.6 Å². The van der Waals surface area contributed by atoms with Crippen molar-refractivity contribution in [1.82, 2.24) is 0 Å². The summed E-state index contributed by atoms with van der Waals surface area (Å²) in [5.74, 6) is 0. The van der Waals surface area contributed by atoms with Crippen molar-refractivity contribution in [2.45, 2.75) is 135 Å². The highest BCUT2D eigenvalue weighted by molar-refractivity contribution is 5.87. The molecule has 0 saturated carbocycles. The van der Waals surface area contributed by atoms with E-state index in [1.165, 1.54) is 149 Å². The number of hydrogen-bond acceptors (Lipinski definition) is 2. The maximum atomic E-state index is 11.4. The van der Waals surface area contributed by atoms with E-state index >= 15 is 0 Å². The standard InChI is InChI=1S/C47H58O2/c1-3-5-7-9-11-13-15-17-31-47(32-18-16-14-12-10-8-6-4-2)45-33-41(39-23-19-37(35-48)20-24-39)27-29-43(45)44-30-28-42(34-46(44)47)40-25-21-38(36-49)22-26-40/h19-30,33-36H,3-18,31-32H2,1-2H3. The maximum Gasteiger partial charge on any atom is 0.150 e. The topological polar surface area (TPSA) is 34.1 Å². The number of carbonyl (C=O) groups is 2. The van der Waals surface area contributed by atoms with Gasteiger partial charge in [-0.1, -0.05) is 189 Å². The third-order valence-electron chi connectivity index (χ3n) is 11.0. The zero-order valence-electron chi connectivity index (χ0n) is 30.3. The van der Waals surface area contributed by atoms with Gasteiger partial charge in [-0.25, -0.2) is 0 Å². The molecule has 0 spiro atoms. The van der Waals surface area contributed by atoms with Gasteiger partial charge in [0.25, 0.3) is 0 Å².